The van der Waals surface area contributed by atoms with Crippen LogP contribution in [0.25, 0.3) is 0 Å². The molecule has 0 unspecified atom stereocenters. The molecule has 2 aromatic rings. The number of sulfone groups is 1. The number of hydrogen-bond acceptors (Lipinski definition) is 5. The smallest absolute Gasteiger partial charge is 0.339 e. The van der Waals surface area contributed by atoms with Gasteiger partial charge in [0.05, 0.1) is 33.7 Å². The first-order valence-electron chi connectivity index (χ1n) is 11.9. The molecule has 2 fully saturated rings. The van der Waals surface area contributed by atoms with E-state index < -0.39 is 27.4 Å². The maximum absolute atomic E-state index is 14.2. The lowest BCUT2D eigenvalue weighted by Gasteiger charge is -2.29. The Morgan fingerprint density at radius 2 is 1.74 bits per heavy atom. The summed E-state index contributed by atoms with van der Waals surface area (Å²) in [6.45, 7) is 1.52. The molecule has 2 heterocycles. The Morgan fingerprint density at radius 1 is 1.05 bits per heavy atom. The molecule has 13 heteroatoms. The third kappa shape index (κ3) is 6.80. The van der Waals surface area contributed by atoms with Gasteiger partial charge in [-0.3, -0.25) is 14.6 Å². The fraction of sp³-hybridized carbons (Fsp3) is 0.480. The van der Waals surface area contributed by atoms with Gasteiger partial charge in [-0.2, -0.15) is 13.2 Å². The summed E-state index contributed by atoms with van der Waals surface area (Å²) in [6.07, 6.45) is -4.78. The highest BCUT2D eigenvalue weighted by Crippen LogP contribution is 2.36. The Kier molecular flexibility index (Phi) is 8.64. The monoisotopic (exact) mass is 595 g/mol. The summed E-state index contributed by atoms with van der Waals surface area (Å²) in [5, 5.41) is 0.737. The number of alkyl halides is 3. The molecule has 0 spiro atoms. The summed E-state index contributed by atoms with van der Waals surface area (Å²) in [5.74, 6) is -1.65. The van der Waals surface area contributed by atoms with Gasteiger partial charge < -0.3 is 4.90 Å². The van der Waals surface area contributed by atoms with E-state index in [4.69, 9.17) is 23.2 Å². The molecule has 2 aliphatic rings. The standard InChI is InChI=1S/C25H27Cl2F4N3O3S/c1-32(12-16-2-4-19(22(28)10-16)25(29,30)31)23-14-34(13-18(23)17-3-5-20(26)21(27)11-17)24(35)15-33-6-8-38(36,37)9-7-33/h2-5,10-11,18,23H,6-9,12-15H2,1H3/t18-,23+/m1/s1. The maximum atomic E-state index is 14.2. The topological polar surface area (TPSA) is 60.9 Å². The summed E-state index contributed by atoms with van der Waals surface area (Å²) in [7, 11) is -1.30. The maximum Gasteiger partial charge on any atom is 0.419 e. The molecular weight excluding hydrogens is 569 g/mol. The van der Waals surface area contributed by atoms with Crippen molar-refractivity contribution in [2.24, 2.45) is 0 Å². The summed E-state index contributed by atoms with van der Waals surface area (Å²) in [4.78, 5) is 18.6. The van der Waals surface area contributed by atoms with Crippen molar-refractivity contribution in [1.82, 2.24) is 14.7 Å². The van der Waals surface area contributed by atoms with E-state index in [1.54, 1.807) is 24.1 Å². The van der Waals surface area contributed by atoms with Crippen LogP contribution in [0.4, 0.5) is 17.6 Å². The van der Waals surface area contributed by atoms with Crippen LogP contribution in [0, 0.1) is 5.82 Å². The van der Waals surface area contributed by atoms with Crippen molar-refractivity contribution in [2.45, 2.75) is 24.7 Å². The van der Waals surface area contributed by atoms with Gasteiger partial charge in [0.25, 0.3) is 0 Å². The number of nitrogens with zero attached hydrogens (tertiary/aromatic N) is 3. The molecule has 38 heavy (non-hydrogen) atoms. The first kappa shape index (κ1) is 29.1. The SMILES string of the molecule is CN(Cc1ccc(C(F)(F)F)c(F)c1)[C@H]1CN(C(=O)CN2CCS(=O)(=O)CC2)C[C@@H]1c1ccc(Cl)c(Cl)c1. The average Bonchev–Trinajstić information content (AvgIpc) is 3.27. The van der Waals surface area contributed by atoms with Crippen molar-refractivity contribution in [2.75, 3.05) is 51.3 Å². The number of carbonyl (C=O) groups excluding carboxylic acids is 1. The zero-order valence-electron chi connectivity index (χ0n) is 20.5. The molecule has 2 aromatic carbocycles. The largest absolute Gasteiger partial charge is 0.419 e. The lowest BCUT2D eigenvalue weighted by Crippen LogP contribution is -2.46. The van der Waals surface area contributed by atoms with Crippen LogP contribution in [0.3, 0.4) is 0 Å². The van der Waals surface area contributed by atoms with Crippen molar-refractivity contribution >= 4 is 38.9 Å². The van der Waals surface area contributed by atoms with Crippen LogP contribution in [-0.2, 0) is 27.4 Å². The Balaban J connectivity index is 1.52. The predicted octanol–water partition coefficient (Wildman–Crippen LogP) is 4.31. The van der Waals surface area contributed by atoms with Gasteiger partial charge in [-0.25, -0.2) is 12.8 Å². The van der Waals surface area contributed by atoms with Crippen molar-refractivity contribution in [3.8, 4) is 0 Å². The fourth-order valence-corrected chi connectivity index (χ4v) is 6.58. The highest BCUT2D eigenvalue weighted by Gasteiger charge is 2.39. The van der Waals surface area contributed by atoms with Crippen molar-refractivity contribution in [3.05, 3.63) is 69.0 Å². The quantitative estimate of drug-likeness (QED) is 0.466. The lowest BCUT2D eigenvalue weighted by atomic mass is 9.93. The summed E-state index contributed by atoms with van der Waals surface area (Å²) in [6, 6.07) is 7.84. The van der Waals surface area contributed by atoms with Crippen LogP contribution in [0.1, 0.15) is 22.6 Å². The van der Waals surface area contributed by atoms with Crippen LogP contribution < -0.4 is 0 Å². The van der Waals surface area contributed by atoms with Gasteiger partial charge in [0.2, 0.25) is 5.91 Å². The molecule has 2 atom stereocenters. The Bertz CT molecular complexity index is 1300. The van der Waals surface area contributed by atoms with E-state index in [0.29, 0.717) is 41.8 Å². The lowest BCUT2D eigenvalue weighted by molar-refractivity contribution is -0.140. The van der Waals surface area contributed by atoms with E-state index in [-0.39, 0.29) is 42.5 Å². The second-order valence-corrected chi connectivity index (χ2v) is 12.9. The fourth-order valence-electron chi connectivity index (χ4n) is 5.00. The zero-order valence-corrected chi connectivity index (χ0v) is 22.8. The van der Waals surface area contributed by atoms with E-state index >= 15 is 0 Å². The molecular formula is C25H27Cl2F4N3O3S. The van der Waals surface area contributed by atoms with Gasteiger partial charge in [-0.15, -0.1) is 0 Å². The molecule has 1 amide bonds. The molecule has 0 saturated carbocycles. The van der Waals surface area contributed by atoms with Gasteiger partial charge in [-0.05, 0) is 42.4 Å². The van der Waals surface area contributed by atoms with E-state index in [9.17, 15) is 30.8 Å². The van der Waals surface area contributed by atoms with Gasteiger partial charge in [0.1, 0.15) is 5.82 Å². The highest BCUT2D eigenvalue weighted by atomic mass is 35.5. The van der Waals surface area contributed by atoms with Gasteiger partial charge in [0, 0.05) is 44.7 Å². The molecule has 0 bridgehead atoms. The summed E-state index contributed by atoms with van der Waals surface area (Å²) >= 11 is 12.3. The Morgan fingerprint density at radius 3 is 2.34 bits per heavy atom. The highest BCUT2D eigenvalue weighted by molar-refractivity contribution is 7.91. The van der Waals surface area contributed by atoms with Crippen LogP contribution in [-0.4, -0.2) is 86.3 Å². The van der Waals surface area contributed by atoms with Gasteiger partial charge >= 0.3 is 6.18 Å². The van der Waals surface area contributed by atoms with E-state index in [1.165, 1.54) is 6.07 Å². The molecule has 208 valence electrons. The normalized spacial score (nSPS) is 22.3. The summed E-state index contributed by atoms with van der Waals surface area (Å²) in [5.41, 5.74) is -0.111. The number of hydrogen-bond donors (Lipinski definition) is 0. The minimum atomic E-state index is -4.78. The number of halogens is 6. The average molecular weight is 596 g/mol. The molecule has 0 aromatic heterocycles. The molecule has 0 N–H and O–H groups in total. The number of benzene rings is 2. The third-order valence-corrected chi connectivity index (χ3v) is 9.49. The molecule has 0 aliphatic carbocycles. The van der Waals surface area contributed by atoms with Gasteiger partial charge in [0.15, 0.2) is 9.84 Å². The third-order valence-electron chi connectivity index (χ3n) is 7.15. The van der Waals surface area contributed by atoms with E-state index in [0.717, 1.165) is 17.7 Å². The second-order valence-electron chi connectivity index (χ2n) is 9.80. The van der Waals surface area contributed by atoms with Crippen LogP contribution in [0.15, 0.2) is 36.4 Å². The molecule has 6 nitrogen and oxygen atoms in total. The zero-order chi connectivity index (χ0) is 27.8. The van der Waals surface area contributed by atoms with Crippen molar-refractivity contribution < 1.29 is 30.8 Å². The number of likely N-dealkylation sites (tertiary alicyclic amines) is 1. The number of carbonyl (C=O) groups is 1. The molecule has 0 radical (unpaired) electrons. The second kappa shape index (κ2) is 11.3. The number of likely N-dealkylation sites (N-methyl/N-ethyl adjacent to an activating group) is 1. The minimum Gasteiger partial charge on any atom is -0.339 e. The van der Waals surface area contributed by atoms with Crippen molar-refractivity contribution in [3.63, 3.8) is 0 Å². The van der Waals surface area contributed by atoms with E-state index in [1.807, 2.05) is 15.9 Å². The Labute approximate surface area is 229 Å². The van der Waals surface area contributed by atoms with Crippen LogP contribution in [0.2, 0.25) is 10.0 Å². The molecule has 2 aliphatic heterocycles. The summed E-state index contributed by atoms with van der Waals surface area (Å²) < 4.78 is 76.5. The minimum absolute atomic E-state index is 0.0151. The predicted molar refractivity (Wildman–Crippen MR) is 138 cm³/mol. The first-order valence-corrected chi connectivity index (χ1v) is 14.5. The number of rotatable bonds is 6. The number of amides is 1. The van der Waals surface area contributed by atoms with E-state index in [2.05, 4.69) is 0 Å². The molecule has 2 saturated heterocycles. The Hall–Kier alpha value is -1.92. The van der Waals surface area contributed by atoms with Crippen LogP contribution >= 0.6 is 23.2 Å². The van der Waals surface area contributed by atoms with Crippen molar-refractivity contribution in [1.29, 1.82) is 0 Å². The molecule has 4 rings (SSSR count). The van der Waals surface area contributed by atoms with Crippen LogP contribution in [0.5, 0.6) is 0 Å². The first-order chi connectivity index (χ1) is 17.7. The van der Waals surface area contributed by atoms with Gasteiger partial charge in [-0.1, -0.05) is 35.3 Å².